The predicted octanol–water partition coefficient (Wildman–Crippen LogP) is 3.02. The zero-order valence-corrected chi connectivity index (χ0v) is 18.5. The van der Waals surface area contributed by atoms with Crippen molar-refractivity contribution in [3.05, 3.63) is 57.5 Å². The molecule has 12 heteroatoms. The number of aromatic nitrogens is 1. The number of benzene rings is 2. The fourth-order valence-corrected chi connectivity index (χ4v) is 4.65. The number of imide groups is 1. The average molecular weight is 492 g/mol. The molecule has 1 atom stereocenters. The summed E-state index contributed by atoms with van der Waals surface area (Å²) >= 11 is 18.0. The van der Waals surface area contributed by atoms with Crippen LogP contribution >= 0.6 is 46.8 Å². The van der Waals surface area contributed by atoms with E-state index in [-0.39, 0.29) is 26.5 Å². The van der Waals surface area contributed by atoms with Gasteiger partial charge in [-0.3, -0.25) is 19.8 Å². The molecule has 0 spiro atoms. The molecule has 1 aromatic heterocycles. The number of thiocarbonyl (C=S) groups is 1. The minimum Gasteiger partial charge on any atom is -0.375 e. The Morgan fingerprint density at radius 3 is 2.58 bits per heavy atom. The first-order valence-corrected chi connectivity index (χ1v) is 10.6. The summed E-state index contributed by atoms with van der Waals surface area (Å²) in [6.45, 7) is 0. The maximum absolute atomic E-state index is 13.3. The molecule has 0 saturated carbocycles. The average Bonchev–Trinajstić information content (AvgIpc) is 3.14. The second kappa shape index (κ2) is 8.31. The number of amides is 2. The first-order valence-electron chi connectivity index (χ1n) is 8.64. The molecule has 0 radical (unpaired) electrons. The summed E-state index contributed by atoms with van der Waals surface area (Å²) in [7, 11) is 0. The van der Waals surface area contributed by atoms with Crippen LogP contribution in [0.3, 0.4) is 0 Å². The van der Waals surface area contributed by atoms with Crippen molar-refractivity contribution in [2.75, 3.05) is 4.90 Å². The van der Waals surface area contributed by atoms with E-state index in [4.69, 9.17) is 41.2 Å². The Bertz CT molecular complexity index is 1270. The normalized spacial score (nSPS) is 18.1. The number of anilines is 1. The number of para-hydroxylation sites is 1. The molecular formula is C19H11Cl2N5O3S2. The molecule has 3 aromatic rings. The Hall–Kier alpha value is -2.92. The molecule has 0 bridgehead atoms. The number of nitrogens with zero attached hydrogens (tertiary/aromatic N) is 3. The number of hydrogen-bond donors (Lipinski definition) is 2. The van der Waals surface area contributed by atoms with Crippen LogP contribution in [0.1, 0.15) is 10.9 Å². The summed E-state index contributed by atoms with van der Waals surface area (Å²) < 4.78 is 0.787. The summed E-state index contributed by atoms with van der Waals surface area (Å²) in [4.78, 5) is 44.5. The highest BCUT2D eigenvalue weighted by atomic mass is 35.5. The number of hydrazone groups is 1. The molecule has 2 amide bonds. The van der Waals surface area contributed by atoms with E-state index in [9.17, 15) is 14.4 Å². The van der Waals surface area contributed by atoms with E-state index in [1.807, 2.05) is 12.1 Å². The third kappa shape index (κ3) is 3.90. The Morgan fingerprint density at radius 1 is 1.16 bits per heavy atom. The number of carbonyl (C=O) groups excluding carboxylic acids is 3. The van der Waals surface area contributed by atoms with E-state index in [2.05, 4.69) is 15.5 Å². The van der Waals surface area contributed by atoms with E-state index in [0.29, 0.717) is 15.4 Å². The Kier molecular flexibility index (Phi) is 5.71. The van der Waals surface area contributed by atoms with Gasteiger partial charge >= 0.3 is 5.91 Å². The zero-order valence-electron chi connectivity index (χ0n) is 15.3. The summed E-state index contributed by atoms with van der Waals surface area (Å²) in [5, 5.41) is 4.28. The predicted molar refractivity (Wildman–Crippen MR) is 124 cm³/mol. The topological polar surface area (TPSA) is 118 Å². The van der Waals surface area contributed by atoms with Crippen molar-refractivity contribution in [3.63, 3.8) is 0 Å². The number of hydrogen-bond acceptors (Lipinski definition) is 7. The number of carbonyl (C=O) groups is 3. The molecule has 0 aliphatic carbocycles. The Morgan fingerprint density at radius 2 is 1.90 bits per heavy atom. The number of nitrogens with two attached hydrogens (primary N) is 1. The molecule has 3 N–H and O–H groups in total. The minimum absolute atomic E-state index is 0.000177. The first-order chi connectivity index (χ1) is 14.8. The first kappa shape index (κ1) is 21.3. The van der Waals surface area contributed by atoms with Crippen LogP contribution in [0.2, 0.25) is 10.0 Å². The Balaban J connectivity index is 1.86. The largest absolute Gasteiger partial charge is 0.375 e. The van der Waals surface area contributed by atoms with Gasteiger partial charge in [0.15, 0.2) is 5.11 Å². The van der Waals surface area contributed by atoms with Crippen molar-refractivity contribution in [1.82, 2.24) is 10.4 Å². The van der Waals surface area contributed by atoms with Gasteiger partial charge in [0.2, 0.25) is 5.78 Å². The van der Waals surface area contributed by atoms with Gasteiger partial charge in [-0.2, -0.15) is 5.10 Å². The lowest BCUT2D eigenvalue weighted by molar-refractivity contribution is -0.139. The third-order valence-corrected chi connectivity index (χ3v) is 6.10. The molecule has 2 aromatic carbocycles. The van der Waals surface area contributed by atoms with Gasteiger partial charge in [0, 0.05) is 5.02 Å². The molecule has 1 aliphatic rings. The molecular weight excluding hydrogens is 481 g/mol. The molecule has 1 aliphatic heterocycles. The van der Waals surface area contributed by atoms with E-state index >= 15 is 0 Å². The van der Waals surface area contributed by atoms with Crippen LogP contribution in [0, 0.1) is 0 Å². The highest BCUT2D eigenvalue weighted by Gasteiger charge is 2.49. The lowest BCUT2D eigenvalue weighted by Gasteiger charge is -2.29. The number of nitrogens with one attached hydrogen (secondary N) is 1. The zero-order chi connectivity index (χ0) is 22.3. The van der Waals surface area contributed by atoms with Crippen molar-refractivity contribution in [3.8, 4) is 0 Å². The highest BCUT2D eigenvalue weighted by molar-refractivity contribution is 7.80. The summed E-state index contributed by atoms with van der Waals surface area (Å²) in [5.41, 5.74) is 8.09. The SMILES string of the molecule is NC(=S)N/N=C1/C(=O)N(c2ccc(Cl)cc2Cl)C(=O)C(=O)C1c1nc2ccccc2s1. The van der Waals surface area contributed by atoms with Crippen molar-refractivity contribution in [2.24, 2.45) is 10.8 Å². The van der Waals surface area contributed by atoms with Crippen LogP contribution in [-0.4, -0.2) is 33.4 Å². The van der Waals surface area contributed by atoms with Crippen LogP contribution in [0.4, 0.5) is 5.69 Å². The molecule has 156 valence electrons. The van der Waals surface area contributed by atoms with E-state index in [1.165, 1.54) is 29.5 Å². The van der Waals surface area contributed by atoms with Crippen molar-refractivity contribution < 1.29 is 14.4 Å². The number of fused-ring (bicyclic) bond motifs is 1. The number of piperidine rings is 1. The van der Waals surface area contributed by atoms with E-state index in [0.717, 1.165) is 4.70 Å². The maximum atomic E-state index is 13.3. The van der Waals surface area contributed by atoms with Crippen molar-refractivity contribution in [1.29, 1.82) is 0 Å². The smallest absolute Gasteiger partial charge is 0.302 e. The van der Waals surface area contributed by atoms with Gasteiger partial charge in [-0.15, -0.1) is 11.3 Å². The molecule has 8 nitrogen and oxygen atoms in total. The molecule has 1 fully saturated rings. The van der Waals surface area contributed by atoms with Crippen LogP contribution in [0.15, 0.2) is 47.6 Å². The molecule has 31 heavy (non-hydrogen) atoms. The third-order valence-electron chi connectivity index (χ3n) is 4.37. The fraction of sp³-hybridized carbons (Fsp3) is 0.0526. The summed E-state index contributed by atoms with van der Waals surface area (Å²) in [5.74, 6) is -4.13. The highest BCUT2D eigenvalue weighted by Crippen LogP contribution is 2.36. The van der Waals surface area contributed by atoms with Crippen molar-refractivity contribution >= 4 is 91.1 Å². The number of thiazole rings is 1. The van der Waals surface area contributed by atoms with Gasteiger partial charge in [0.1, 0.15) is 16.6 Å². The Labute approximate surface area is 194 Å². The second-order valence-electron chi connectivity index (χ2n) is 6.33. The number of ketones is 1. The number of halogens is 2. The maximum Gasteiger partial charge on any atom is 0.302 e. The van der Waals surface area contributed by atoms with Gasteiger partial charge in [-0.25, -0.2) is 9.88 Å². The molecule has 1 unspecified atom stereocenters. The van der Waals surface area contributed by atoms with Gasteiger partial charge in [-0.1, -0.05) is 35.3 Å². The molecule has 2 heterocycles. The van der Waals surface area contributed by atoms with Crippen LogP contribution in [0.25, 0.3) is 10.2 Å². The molecule has 1 saturated heterocycles. The van der Waals surface area contributed by atoms with E-state index in [1.54, 1.807) is 12.1 Å². The van der Waals surface area contributed by atoms with Crippen LogP contribution < -0.4 is 16.1 Å². The minimum atomic E-state index is -1.32. The summed E-state index contributed by atoms with van der Waals surface area (Å²) in [6, 6.07) is 11.3. The quantitative estimate of drug-likeness (QED) is 0.250. The van der Waals surface area contributed by atoms with Crippen LogP contribution in [-0.2, 0) is 14.4 Å². The number of rotatable bonds is 3. The summed E-state index contributed by atoms with van der Waals surface area (Å²) in [6.07, 6.45) is 0. The van der Waals surface area contributed by atoms with Gasteiger partial charge < -0.3 is 5.73 Å². The van der Waals surface area contributed by atoms with Gasteiger partial charge in [0.25, 0.3) is 5.91 Å². The van der Waals surface area contributed by atoms with Crippen LogP contribution in [0.5, 0.6) is 0 Å². The standard InChI is InChI=1S/C19H11Cl2N5O3S2/c20-8-5-6-11(9(21)7-8)26-17(28)14(24-25-19(22)30)13(15(27)18(26)29)16-23-10-3-1-2-4-12(10)31-16/h1-7,13H,(H3,22,25,30)/b24-14+. The number of Topliss-reactive ketones (excluding diaryl/α,β-unsaturated/α-hetero) is 1. The molecule has 4 rings (SSSR count). The fourth-order valence-electron chi connectivity index (χ4n) is 3.04. The van der Waals surface area contributed by atoms with E-state index < -0.39 is 23.5 Å². The monoisotopic (exact) mass is 491 g/mol. The lowest BCUT2D eigenvalue weighted by atomic mass is 9.92. The lowest BCUT2D eigenvalue weighted by Crippen LogP contribution is -2.55. The van der Waals surface area contributed by atoms with Gasteiger partial charge in [-0.05, 0) is 42.5 Å². The second-order valence-corrected chi connectivity index (χ2v) is 8.68. The van der Waals surface area contributed by atoms with Gasteiger partial charge in [0.05, 0.1) is 20.9 Å². The van der Waals surface area contributed by atoms with Crippen molar-refractivity contribution in [2.45, 2.75) is 5.92 Å².